The van der Waals surface area contributed by atoms with E-state index in [0.29, 0.717) is 21.9 Å². The standard InChI is InChI=1S/C18H13ClN4O3S/c1-2-26-17(25)11-3-5-13(6-4-11)21-16(24)12(10-20)9-14-15(19)22-18-23(14)7-8-27-18/h3-9H,2H2,1H3,(H,21,24)/b12-9+. The Morgan fingerprint density at radius 1 is 1.41 bits per heavy atom. The van der Waals surface area contributed by atoms with Crippen molar-refractivity contribution in [1.82, 2.24) is 9.38 Å². The molecule has 0 radical (unpaired) electrons. The Kier molecular flexibility index (Phi) is 5.54. The Balaban J connectivity index is 1.80. The van der Waals surface area contributed by atoms with E-state index in [1.165, 1.54) is 29.5 Å². The van der Waals surface area contributed by atoms with E-state index in [1.54, 1.807) is 29.7 Å². The second-order valence-electron chi connectivity index (χ2n) is 5.27. The van der Waals surface area contributed by atoms with Crippen LogP contribution in [0.15, 0.2) is 41.4 Å². The number of thiazole rings is 1. The van der Waals surface area contributed by atoms with Crippen molar-refractivity contribution < 1.29 is 14.3 Å². The molecule has 0 aliphatic carbocycles. The van der Waals surface area contributed by atoms with Gasteiger partial charge < -0.3 is 10.1 Å². The van der Waals surface area contributed by atoms with Gasteiger partial charge in [0, 0.05) is 17.3 Å². The topological polar surface area (TPSA) is 96.5 Å². The van der Waals surface area contributed by atoms with Crippen LogP contribution in [0, 0.1) is 11.3 Å². The Morgan fingerprint density at radius 2 is 2.15 bits per heavy atom. The molecule has 3 rings (SSSR count). The fraction of sp³-hybridized carbons (Fsp3) is 0.111. The van der Waals surface area contributed by atoms with Gasteiger partial charge in [0.25, 0.3) is 5.91 Å². The first-order chi connectivity index (χ1) is 13.0. The summed E-state index contributed by atoms with van der Waals surface area (Å²) in [7, 11) is 0. The molecule has 0 aliphatic heterocycles. The molecule has 0 saturated carbocycles. The molecule has 0 atom stereocenters. The van der Waals surface area contributed by atoms with Crippen LogP contribution in [-0.2, 0) is 9.53 Å². The highest BCUT2D eigenvalue weighted by Crippen LogP contribution is 2.23. The van der Waals surface area contributed by atoms with Crippen molar-refractivity contribution in [3.8, 4) is 6.07 Å². The lowest BCUT2D eigenvalue weighted by Gasteiger charge is -2.06. The molecule has 27 heavy (non-hydrogen) atoms. The summed E-state index contributed by atoms with van der Waals surface area (Å²) >= 11 is 7.48. The van der Waals surface area contributed by atoms with Crippen molar-refractivity contribution in [2.75, 3.05) is 11.9 Å². The summed E-state index contributed by atoms with van der Waals surface area (Å²) in [6, 6.07) is 8.05. The zero-order valence-electron chi connectivity index (χ0n) is 14.1. The van der Waals surface area contributed by atoms with Gasteiger partial charge in [-0.15, -0.1) is 11.3 Å². The molecule has 2 aromatic heterocycles. The molecular weight excluding hydrogens is 388 g/mol. The molecule has 0 saturated heterocycles. The van der Waals surface area contributed by atoms with Crippen LogP contribution < -0.4 is 5.32 Å². The van der Waals surface area contributed by atoms with E-state index in [4.69, 9.17) is 16.3 Å². The van der Waals surface area contributed by atoms with Gasteiger partial charge in [-0.2, -0.15) is 5.26 Å². The number of esters is 1. The predicted molar refractivity (Wildman–Crippen MR) is 103 cm³/mol. The van der Waals surface area contributed by atoms with Gasteiger partial charge in [0.2, 0.25) is 0 Å². The number of nitrogens with one attached hydrogen (secondary N) is 1. The molecule has 2 heterocycles. The van der Waals surface area contributed by atoms with Crippen LogP contribution in [0.25, 0.3) is 11.0 Å². The minimum atomic E-state index is -0.595. The largest absolute Gasteiger partial charge is 0.462 e. The van der Waals surface area contributed by atoms with Crippen LogP contribution in [0.4, 0.5) is 5.69 Å². The van der Waals surface area contributed by atoms with E-state index in [2.05, 4.69) is 10.3 Å². The van der Waals surface area contributed by atoms with Gasteiger partial charge in [-0.3, -0.25) is 9.20 Å². The van der Waals surface area contributed by atoms with Crippen molar-refractivity contribution in [2.24, 2.45) is 0 Å². The Hall–Kier alpha value is -3.15. The van der Waals surface area contributed by atoms with Gasteiger partial charge in [-0.1, -0.05) is 11.6 Å². The number of carbonyl (C=O) groups is 2. The highest BCUT2D eigenvalue weighted by atomic mass is 35.5. The molecule has 0 fully saturated rings. The summed E-state index contributed by atoms with van der Waals surface area (Å²) in [6.07, 6.45) is 3.14. The van der Waals surface area contributed by atoms with Gasteiger partial charge in [0.1, 0.15) is 11.6 Å². The van der Waals surface area contributed by atoms with Gasteiger partial charge in [-0.25, -0.2) is 9.78 Å². The number of hydrogen-bond donors (Lipinski definition) is 1. The lowest BCUT2D eigenvalue weighted by atomic mass is 10.2. The maximum absolute atomic E-state index is 12.4. The van der Waals surface area contributed by atoms with Gasteiger partial charge in [0.15, 0.2) is 10.1 Å². The summed E-state index contributed by atoms with van der Waals surface area (Å²) in [5.74, 6) is -1.04. The Morgan fingerprint density at radius 3 is 2.81 bits per heavy atom. The second kappa shape index (κ2) is 8.03. The number of nitriles is 1. The van der Waals surface area contributed by atoms with Crippen molar-refractivity contribution in [1.29, 1.82) is 5.26 Å². The second-order valence-corrected chi connectivity index (χ2v) is 6.50. The lowest BCUT2D eigenvalue weighted by molar-refractivity contribution is -0.112. The molecule has 1 aromatic carbocycles. The number of imidazole rings is 1. The smallest absolute Gasteiger partial charge is 0.338 e. The third-order valence-electron chi connectivity index (χ3n) is 3.55. The summed E-state index contributed by atoms with van der Waals surface area (Å²) in [4.78, 5) is 28.9. The SMILES string of the molecule is CCOC(=O)c1ccc(NC(=O)/C(C#N)=C/c2c(Cl)nc3sccn23)cc1. The zero-order valence-corrected chi connectivity index (χ0v) is 15.7. The minimum absolute atomic E-state index is 0.126. The molecule has 0 bridgehead atoms. The number of halogens is 1. The number of amides is 1. The average molecular weight is 401 g/mol. The molecular formula is C18H13ClN4O3S. The van der Waals surface area contributed by atoms with Crippen LogP contribution in [0.3, 0.4) is 0 Å². The van der Waals surface area contributed by atoms with E-state index in [0.717, 1.165) is 0 Å². The van der Waals surface area contributed by atoms with Crippen LogP contribution in [0.2, 0.25) is 5.15 Å². The number of fused-ring (bicyclic) bond motifs is 1. The third kappa shape index (κ3) is 4.00. The predicted octanol–water partition coefficient (Wildman–Crippen LogP) is 3.77. The molecule has 136 valence electrons. The van der Waals surface area contributed by atoms with E-state index < -0.39 is 11.9 Å². The number of benzene rings is 1. The fourth-order valence-electron chi connectivity index (χ4n) is 2.29. The van der Waals surface area contributed by atoms with Crippen LogP contribution in [0.5, 0.6) is 0 Å². The minimum Gasteiger partial charge on any atom is -0.462 e. The number of carbonyl (C=O) groups excluding carboxylic acids is 2. The van der Waals surface area contributed by atoms with E-state index in [1.807, 2.05) is 11.4 Å². The fourth-order valence-corrected chi connectivity index (χ4v) is 3.29. The molecule has 3 aromatic rings. The monoisotopic (exact) mass is 400 g/mol. The summed E-state index contributed by atoms with van der Waals surface area (Å²) < 4.78 is 6.60. The quantitative estimate of drug-likeness (QED) is 0.399. The lowest BCUT2D eigenvalue weighted by Crippen LogP contribution is -2.14. The number of anilines is 1. The maximum atomic E-state index is 12.4. The van der Waals surface area contributed by atoms with Gasteiger partial charge >= 0.3 is 5.97 Å². The Labute approximate surface area is 163 Å². The number of aromatic nitrogens is 2. The van der Waals surface area contributed by atoms with Gasteiger partial charge in [0.05, 0.1) is 17.9 Å². The van der Waals surface area contributed by atoms with Crippen LogP contribution in [-0.4, -0.2) is 27.9 Å². The number of hydrogen-bond acceptors (Lipinski definition) is 6. The molecule has 0 spiro atoms. The number of nitrogens with zero attached hydrogens (tertiary/aromatic N) is 3. The molecule has 9 heteroatoms. The molecule has 0 unspecified atom stereocenters. The Bertz CT molecular complexity index is 1080. The van der Waals surface area contributed by atoms with Crippen molar-refractivity contribution in [3.05, 3.63) is 57.8 Å². The molecule has 1 N–H and O–H groups in total. The number of rotatable bonds is 5. The van der Waals surface area contributed by atoms with Crippen molar-refractivity contribution in [3.63, 3.8) is 0 Å². The van der Waals surface area contributed by atoms with Crippen LogP contribution >= 0.6 is 22.9 Å². The normalized spacial score (nSPS) is 11.2. The third-order valence-corrected chi connectivity index (χ3v) is 4.59. The summed E-state index contributed by atoms with van der Waals surface area (Å²) in [6.45, 7) is 2.00. The van der Waals surface area contributed by atoms with Crippen LogP contribution in [0.1, 0.15) is 23.0 Å². The molecule has 0 aliphatic rings. The molecule has 7 nitrogen and oxygen atoms in total. The van der Waals surface area contributed by atoms with Crippen molar-refractivity contribution >= 4 is 51.5 Å². The van der Waals surface area contributed by atoms with E-state index in [9.17, 15) is 14.9 Å². The number of ether oxygens (including phenoxy) is 1. The first kappa shape index (κ1) is 18.6. The maximum Gasteiger partial charge on any atom is 0.338 e. The van der Waals surface area contributed by atoms with Crippen molar-refractivity contribution in [2.45, 2.75) is 6.92 Å². The highest BCUT2D eigenvalue weighted by molar-refractivity contribution is 7.15. The highest BCUT2D eigenvalue weighted by Gasteiger charge is 2.15. The first-order valence-electron chi connectivity index (χ1n) is 7.85. The molecule has 1 amide bonds. The first-order valence-corrected chi connectivity index (χ1v) is 9.10. The van der Waals surface area contributed by atoms with E-state index in [-0.39, 0.29) is 17.3 Å². The van der Waals surface area contributed by atoms with E-state index >= 15 is 0 Å². The summed E-state index contributed by atoms with van der Waals surface area (Å²) in [5.41, 5.74) is 1.14. The average Bonchev–Trinajstić information content (AvgIpc) is 3.21. The van der Waals surface area contributed by atoms with Gasteiger partial charge in [-0.05, 0) is 37.3 Å². The zero-order chi connectivity index (χ0) is 19.4. The summed E-state index contributed by atoms with van der Waals surface area (Å²) in [5, 5.41) is 14.0.